The highest BCUT2D eigenvalue weighted by atomic mass is 35.5. The van der Waals surface area contributed by atoms with Crippen molar-refractivity contribution in [3.05, 3.63) is 119 Å². The van der Waals surface area contributed by atoms with Crippen LogP contribution in [0.15, 0.2) is 97.2 Å². The summed E-state index contributed by atoms with van der Waals surface area (Å²) in [6.45, 7) is 2.94. The first-order valence-corrected chi connectivity index (χ1v) is 14.8. The molecule has 0 aliphatic heterocycles. The molecule has 4 aromatic carbocycles. The quantitative estimate of drug-likeness (QED) is 0.131. The van der Waals surface area contributed by atoms with Gasteiger partial charge >= 0.3 is 0 Å². The lowest BCUT2D eigenvalue weighted by Crippen LogP contribution is -2.22. The highest BCUT2D eigenvalue weighted by molar-refractivity contribution is 7.78. The van der Waals surface area contributed by atoms with Crippen molar-refractivity contribution in [1.82, 2.24) is 14.3 Å². The zero-order valence-corrected chi connectivity index (χ0v) is 25.4. The third-order valence-corrected chi connectivity index (χ3v) is 7.48. The first kappa shape index (κ1) is 29.6. The fourth-order valence-corrected chi connectivity index (χ4v) is 5.10. The number of hydrogen-bond donors (Lipinski definition) is 3. The maximum Gasteiger partial charge on any atom is 0.248 e. The molecule has 1 heterocycles. The van der Waals surface area contributed by atoms with Gasteiger partial charge in [0.05, 0.1) is 23.9 Å². The molecule has 1 aromatic heterocycles. The Hall–Kier alpha value is -3.91. The summed E-state index contributed by atoms with van der Waals surface area (Å²) in [5, 5.41) is 4.19. The van der Waals surface area contributed by atoms with Crippen molar-refractivity contribution in [3.63, 3.8) is 0 Å². The van der Waals surface area contributed by atoms with E-state index in [2.05, 4.69) is 70.7 Å². The van der Waals surface area contributed by atoms with Gasteiger partial charge < -0.3 is 19.3 Å². The van der Waals surface area contributed by atoms with Crippen LogP contribution in [-0.4, -0.2) is 28.6 Å². The van der Waals surface area contributed by atoms with Gasteiger partial charge in [-0.15, -0.1) is 0 Å². The van der Waals surface area contributed by atoms with Crippen molar-refractivity contribution in [1.29, 1.82) is 0 Å². The Bertz CT molecular complexity index is 1650. The minimum Gasteiger partial charge on any atom is -0.494 e. The largest absolute Gasteiger partial charge is 0.494 e. The number of thiol groups is 1. The minimum absolute atomic E-state index is 0.130. The highest BCUT2D eigenvalue weighted by Gasteiger charge is 2.15. The summed E-state index contributed by atoms with van der Waals surface area (Å²) in [6.07, 6.45) is 3.57. The molecular formula is C33H30Cl2N4O2S. The monoisotopic (exact) mass is 616 g/mol. The van der Waals surface area contributed by atoms with Crippen LogP contribution in [0.5, 0.6) is 5.75 Å². The van der Waals surface area contributed by atoms with Crippen LogP contribution in [0.1, 0.15) is 24.7 Å². The molecular weight excluding hydrogens is 587 g/mol. The van der Waals surface area contributed by atoms with Crippen molar-refractivity contribution in [2.75, 3.05) is 18.5 Å². The Morgan fingerprint density at radius 1 is 0.929 bits per heavy atom. The number of halogens is 2. The fourth-order valence-electron chi connectivity index (χ4n) is 4.52. The molecule has 9 heteroatoms. The van der Waals surface area contributed by atoms with E-state index in [4.69, 9.17) is 32.9 Å². The Kier molecular flexibility index (Phi) is 9.74. The maximum absolute atomic E-state index is 11.5. The lowest BCUT2D eigenvalue weighted by atomic mass is 10.0. The Balaban J connectivity index is 1.41. The van der Waals surface area contributed by atoms with E-state index in [0.717, 1.165) is 57.3 Å². The van der Waals surface area contributed by atoms with Crippen LogP contribution in [0.3, 0.4) is 0 Å². The van der Waals surface area contributed by atoms with E-state index in [9.17, 15) is 4.79 Å². The molecule has 0 bridgehead atoms. The van der Waals surface area contributed by atoms with Crippen LogP contribution in [0.25, 0.3) is 28.1 Å². The summed E-state index contributed by atoms with van der Waals surface area (Å²) in [5.74, 6) is 1.52. The van der Waals surface area contributed by atoms with Crippen molar-refractivity contribution in [3.8, 4) is 33.8 Å². The molecule has 0 aliphatic carbocycles. The predicted molar refractivity (Wildman–Crippen MR) is 175 cm³/mol. The number of aromatic nitrogens is 2. The summed E-state index contributed by atoms with van der Waals surface area (Å²) in [5.41, 5.74) is 6.69. The Morgan fingerprint density at radius 2 is 1.62 bits per heavy atom. The van der Waals surface area contributed by atoms with Gasteiger partial charge in [0, 0.05) is 34.6 Å². The molecule has 1 amide bonds. The number of rotatable bonds is 11. The van der Waals surface area contributed by atoms with E-state index >= 15 is 0 Å². The van der Waals surface area contributed by atoms with E-state index in [1.54, 1.807) is 6.07 Å². The lowest BCUT2D eigenvalue weighted by Gasteiger charge is -2.11. The van der Waals surface area contributed by atoms with Crippen molar-refractivity contribution >= 4 is 47.6 Å². The summed E-state index contributed by atoms with van der Waals surface area (Å²) in [6, 6.07) is 29.9. The van der Waals surface area contributed by atoms with Gasteiger partial charge in [-0.2, -0.15) is 0 Å². The second-order valence-electron chi connectivity index (χ2n) is 9.72. The third-order valence-electron chi connectivity index (χ3n) is 6.69. The number of ether oxygens (including phenoxy) is 1. The predicted octanol–water partition coefficient (Wildman–Crippen LogP) is 8.27. The normalized spacial score (nSPS) is 10.9. The number of carbonyl (C=O) groups excluding carboxylic acids is 1. The van der Waals surface area contributed by atoms with Gasteiger partial charge in [0.1, 0.15) is 11.6 Å². The van der Waals surface area contributed by atoms with Crippen molar-refractivity contribution in [2.24, 2.45) is 0 Å². The fraction of sp³-hybridized carbons (Fsp3) is 0.152. The zero-order chi connectivity index (χ0) is 29.5. The van der Waals surface area contributed by atoms with Crippen molar-refractivity contribution < 1.29 is 9.53 Å². The van der Waals surface area contributed by atoms with Crippen LogP contribution >= 0.6 is 36.0 Å². The first-order valence-electron chi connectivity index (χ1n) is 13.6. The number of nitrogens with one attached hydrogen (secondary N) is 2. The van der Waals surface area contributed by atoms with Gasteiger partial charge in [0.25, 0.3) is 0 Å². The van der Waals surface area contributed by atoms with Crippen LogP contribution < -0.4 is 14.8 Å². The van der Waals surface area contributed by atoms with Gasteiger partial charge in [-0.3, -0.25) is 4.79 Å². The van der Waals surface area contributed by atoms with Gasteiger partial charge in [-0.25, -0.2) is 4.98 Å². The van der Waals surface area contributed by atoms with E-state index in [0.29, 0.717) is 23.1 Å². The number of carbonyl (C=O) groups is 1. The topological polar surface area (TPSA) is 68.2 Å². The molecule has 6 nitrogen and oxygen atoms in total. The van der Waals surface area contributed by atoms with Gasteiger partial charge in [0.15, 0.2) is 0 Å². The molecule has 0 saturated carbocycles. The molecule has 0 spiro atoms. The lowest BCUT2D eigenvalue weighted by molar-refractivity contribution is -0.117. The molecule has 214 valence electrons. The SMILES string of the molecule is CCCOc1ccc(-c2ccc(Cc3nc(-c4ccc(Cl)cc4Cl)cn3-c3ccc(NCC(=O)NS)cc3)cc2)cc1. The van der Waals surface area contributed by atoms with Gasteiger partial charge in [-0.1, -0.05) is 79.3 Å². The minimum atomic E-state index is -0.215. The molecule has 2 N–H and O–H groups in total. The maximum atomic E-state index is 11.5. The van der Waals surface area contributed by atoms with Crippen LogP contribution in [-0.2, 0) is 11.2 Å². The molecule has 0 saturated heterocycles. The van der Waals surface area contributed by atoms with Gasteiger partial charge in [-0.05, 0) is 77.7 Å². The molecule has 0 aliphatic rings. The van der Waals surface area contributed by atoms with Crippen molar-refractivity contribution in [2.45, 2.75) is 19.8 Å². The molecule has 5 aromatic rings. The summed E-state index contributed by atoms with van der Waals surface area (Å²) < 4.78 is 10.1. The van der Waals surface area contributed by atoms with E-state index < -0.39 is 0 Å². The number of imidazole rings is 1. The molecule has 5 rings (SSSR count). The zero-order valence-electron chi connectivity index (χ0n) is 23.0. The standard InChI is InChI=1S/C33H30Cl2N4O2S/c1-2-17-41-28-14-7-24(8-15-28)23-5-3-22(4-6-23)18-32-37-31(29-16-9-25(34)19-30(29)35)21-39(32)27-12-10-26(11-13-27)36-20-33(40)38-42/h3-16,19,21,36,42H,2,17-18,20H2,1H3,(H,38,40). The number of nitrogens with zero attached hydrogens (tertiary/aromatic N) is 2. The first-order chi connectivity index (χ1) is 20.4. The Morgan fingerprint density at radius 3 is 2.26 bits per heavy atom. The molecule has 0 fully saturated rings. The molecule has 0 unspecified atom stereocenters. The molecule has 0 atom stereocenters. The second kappa shape index (κ2) is 13.8. The molecule has 42 heavy (non-hydrogen) atoms. The summed E-state index contributed by atoms with van der Waals surface area (Å²) in [4.78, 5) is 16.5. The van der Waals surface area contributed by atoms with Crippen LogP contribution in [0.2, 0.25) is 10.0 Å². The number of amides is 1. The van der Waals surface area contributed by atoms with Crippen LogP contribution in [0, 0.1) is 0 Å². The average molecular weight is 618 g/mol. The van der Waals surface area contributed by atoms with E-state index in [-0.39, 0.29) is 12.5 Å². The smallest absolute Gasteiger partial charge is 0.248 e. The number of benzene rings is 4. The Labute approximate surface area is 261 Å². The van der Waals surface area contributed by atoms with Crippen LogP contribution in [0.4, 0.5) is 5.69 Å². The van der Waals surface area contributed by atoms with E-state index in [1.807, 2.05) is 54.7 Å². The molecule has 0 radical (unpaired) electrons. The number of anilines is 1. The highest BCUT2D eigenvalue weighted by Crippen LogP contribution is 2.32. The third kappa shape index (κ3) is 7.29. The number of hydrogen-bond acceptors (Lipinski definition) is 5. The summed E-state index contributed by atoms with van der Waals surface area (Å²) in [7, 11) is 0. The average Bonchev–Trinajstić information content (AvgIpc) is 3.42. The van der Waals surface area contributed by atoms with E-state index in [1.165, 1.54) is 0 Å². The summed E-state index contributed by atoms with van der Waals surface area (Å²) >= 11 is 16.5. The van der Waals surface area contributed by atoms with Gasteiger partial charge in [0.2, 0.25) is 5.91 Å². The second-order valence-corrected chi connectivity index (χ2v) is 10.8.